The van der Waals surface area contributed by atoms with Crippen molar-refractivity contribution in [3.63, 3.8) is 0 Å². The van der Waals surface area contributed by atoms with E-state index in [1.54, 1.807) is 43.5 Å². The van der Waals surface area contributed by atoms with E-state index in [1.807, 2.05) is 42.6 Å². The summed E-state index contributed by atoms with van der Waals surface area (Å²) in [5.74, 6) is 0.103. The van der Waals surface area contributed by atoms with Crippen molar-refractivity contribution in [3.05, 3.63) is 105 Å². The highest BCUT2D eigenvalue weighted by Gasteiger charge is 2.27. The number of allylic oxidation sites excluding steroid dienone is 1. The molecule has 2 heterocycles. The third-order valence-corrected chi connectivity index (χ3v) is 7.62. The number of rotatable bonds is 7. The maximum atomic E-state index is 13.0. The van der Waals surface area contributed by atoms with Gasteiger partial charge in [0, 0.05) is 28.4 Å². The summed E-state index contributed by atoms with van der Waals surface area (Å²) >= 11 is 1.32. The Labute approximate surface area is 238 Å². The molecule has 1 aliphatic rings. The van der Waals surface area contributed by atoms with Gasteiger partial charge < -0.3 is 19.5 Å². The Morgan fingerprint density at radius 3 is 2.38 bits per heavy atom. The number of hydrogen-bond acceptors (Lipinski definition) is 7. The predicted octanol–water partition coefficient (Wildman–Crippen LogP) is 7.92. The summed E-state index contributed by atoms with van der Waals surface area (Å²) in [5.41, 5.74) is 6.90. The van der Waals surface area contributed by atoms with E-state index in [4.69, 9.17) is 14.2 Å². The fraction of sp³-hybridized carbons (Fsp3) is 0.212. The molecule has 3 aromatic carbocycles. The zero-order valence-corrected chi connectivity index (χ0v) is 24.0. The summed E-state index contributed by atoms with van der Waals surface area (Å²) in [5, 5.41) is 5.41. The lowest BCUT2D eigenvalue weighted by Gasteiger charge is -2.33. The van der Waals surface area contributed by atoms with Crippen LogP contribution in [0.3, 0.4) is 0 Å². The van der Waals surface area contributed by atoms with E-state index in [2.05, 4.69) is 32.2 Å². The standard InChI is InChI=1S/C33H31NO5S/c1-20-8-10-22(11-9-20)31(35)38-19-26-24(14-15-27-30(26)21(2)18-33(3,4)34-27)25-13-12-23(17-28(25)37-5)39-32(36)29-7-6-16-40-29/h6-18,34H,19H2,1-5H3. The Hall–Kier alpha value is -4.36. The Morgan fingerprint density at radius 1 is 0.925 bits per heavy atom. The van der Waals surface area contributed by atoms with Crippen molar-refractivity contribution in [2.24, 2.45) is 0 Å². The first-order valence-corrected chi connectivity index (χ1v) is 13.8. The van der Waals surface area contributed by atoms with Crippen LogP contribution in [0.1, 0.15) is 57.5 Å². The van der Waals surface area contributed by atoms with Crippen molar-refractivity contribution in [2.75, 3.05) is 12.4 Å². The Morgan fingerprint density at radius 2 is 1.68 bits per heavy atom. The van der Waals surface area contributed by atoms with Gasteiger partial charge in [0.2, 0.25) is 0 Å². The molecule has 0 spiro atoms. The predicted molar refractivity (Wildman–Crippen MR) is 159 cm³/mol. The normalized spacial score (nSPS) is 13.5. The van der Waals surface area contributed by atoms with Crippen LogP contribution in [-0.2, 0) is 11.3 Å². The molecular weight excluding hydrogens is 522 g/mol. The van der Waals surface area contributed by atoms with Crippen LogP contribution in [0.4, 0.5) is 5.69 Å². The number of ether oxygens (including phenoxy) is 3. The Balaban J connectivity index is 1.54. The molecule has 0 amide bonds. The zero-order chi connectivity index (χ0) is 28.4. The van der Waals surface area contributed by atoms with E-state index in [-0.39, 0.29) is 12.1 Å². The molecule has 1 aliphatic heterocycles. The van der Waals surface area contributed by atoms with E-state index in [1.165, 1.54) is 11.3 Å². The first kappa shape index (κ1) is 27.2. The second kappa shape index (κ2) is 11.0. The van der Waals surface area contributed by atoms with Crippen molar-refractivity contribution >= 4 is 34.5 Å². The molecule has 40 heavy (non-hydrogen) atoms. The first-order valence-electron chi connectivity index (χ1n) is 13.0. The molecule has 0 saturated heterocycles. The minimum atomic E-state index is -0.420. The number of aryl methyl sites for hydroxylation is 1. The van der Waals surface area contributed by atoms with Gasteiger partial charge in [0.25, 0.3) is 0 Å². The number of anilines is 1. The molecule has 0 atom stereocenters. The molecule has 0 bridgehead atoms. The van der Waals surface area contributed by atoms with Crippen LogP contribution in [0.15, 0.2) is 78.2 Å². The van der Waals surface area contributed by atoms with Crippen LogP contribution in [-0.4, -0.2) is 24.6 Å². The lowest BCUT2D eigenvalue weighted by Crippen LogP contribution is -2.32. The van der Waals surface area contributed by atoms with Gasteiger partial charge in [-0.3, -0.25) is 0 Å². The summed E-state index contributed by atoms with van der Waals surface area (Å²) in [6, 6.07) is 20.2. The van der Waals surface area contributed by atoms with Gasteiger partial charge in [-0.2, -0.15) is 0 Å². The third-order valence-electron chi connectivity index (χ3n) is 6.77. The van der Waals surface area contributed by atoms with E-state index in [0.29, 0.717) is 21.9 Å². The minimum absolute atomic E-state index is 0.0662. The van der Waals surface area contributed by atoms with Crippen LogP contribution in [0.2, 0.25) is 0 Å². The highest BCUT2D eigenvalue weighted by Crippen LogP contribution is 2.43. The summed E-state index contributed by atoms with van der Waals surface area (Å²) in [4.78, 5) is 26.0. The molecule has 1 N–H and O–H groups in total. The average molecular weight is 554 g/mol. The van der Waals surface area contributed by atoms with Crippen molar-refractivity contribution in [1.82, 2.24) is 0 Å². The van der Waals surface area contributed by atoms with Gasteiger partial charge in [-0.15, -0.1) is 11.3 Å². The maximum Gasteiger partial charge on any atom is 0.353 e. The van der Waals surface area contributed by atoms with Crippen molar-refractivity contribution in [2.45, 2.75) is 39.8 Å². The van der Waals surface area contributed by atoms with Gasteiger partial charge in [-0.05, 0) is 80.6 Å². The van der Waals surface area contributed by atoms with Gasteiger partial charge in [-0.1, -0.05) is 35.9 Å². The number of hydrogen-bond donors (Lipinski definition) is 1. The van der Waals surface area contributed by atoms with E-state index in [9.17, 15) is 9.59 Å². The van der Waals surface area contributed by atoms with Crippen LogP contribution in [0.25, 0.3) is 16.7 Å². The number of fused-ring (bicyclic) bond motifs is 1. The van der Waals surface area contributed by atoms with Gasteiger partial charge in [0.15, 0.2) is 0 Å². The average Bonchev–Trinajstić information content (AvgIpc) is 3.46. The minimum Gasteiger partial charge on any atom is -0.496 e. The summed E-state index contributed by atoms with van der Waals surface area (Å²) < 4.78 is 17.2. The molecule has 4 aromatic rings. The fourth-order valence-corrected chi connectivity index (χ4v) is 5.62. The van der Waals surface area contributed by atoms with E-state index >= 15 is 0 Å². The maximum absolute atomic E-state index is 13.0. The molecule has 204 valence electrons. The van der Waals surface area contributed by atoms with Gasteiger partial charge >= 0.3 is 11.9 Å². The van der Waals surface area contributed by atoms with Crippen molar-refractivity contribution < 1.29 is 23.8 Å². The number of nitrogens with one attached hydrogen (secondary N) is 1. The smallest absolute Gasteiger partial charge is 0.353 e. The number of methoxy groups -OCH3 is 1. The lowest BCUT2D eigenvalue weighted by atomic mass is 9.85. The van der Waals surface area contributed by atoms with Crippen LogP contribution in [0.5, 0.6) is 11.5 Å². The third kappa shape index (κ3) is 5.65. The molecule has 7 heteroatoms. The summed E-state index contributed by atoms with van der Waals surface area (Å²) in [7, 11) is 1.58. The molecule has 0 saturated carbocycles. The SMILES string of the molecule is COc1cc(OC(=O)c2cccs2)ccc1-c1ccc2c(c1COC(=O)c1ccc(C)cc1)C(C)=CC(C)(C)N2. The highest BCUT2D eigenvalue weighted by atomic mass is 32.1. The van der Waals surface area contributed by atoms with Crippen LogP contribution in [0, 0.1) is 6.92 Å². The highest BCUT2D eigenvalue weighted by molar-refractivity contribution is 7.12. The molecule has 0 unspecified atom stereocenters. The lowest BCUT2D eigenvalue weighted by molar-refractivity contribution is 0.0473. The largest absolute Gasteiger partial charge is 0.496 e. The number of carbonyl (C=O) groups is 2. The number of benzene rings is 3. The van der Waals surface area contributed by atoms with Gasteiger partial charge in [-0.25, -0.2) is 9.59 Å². The second-order valence-corrected chi connectivity index (χ2v) is 11.3. The monoisotopic (exact) mass is 553 g/mol. The second-order valence-electron chi connectivity index (χ2n) is 10.4. The van der Waals surface area contributed by atoms with Crippen LogP contribution >= 0.6 is 11.3 Å². The van der Waals surface area contributed by atoms with E-state index < -0.39 is 11.9 Å². The first-order chi connectivity index (χ1) is 19.1. The van der Waals surface area contributed by atoms with Crippen LogP contribution < -0.4 is 14.8 Å². The Kier molecular flexibility index (Phi) is 7.50. The Bertz CT molecular complexity index is 1600. The summed E-state index contributed by atoms with van der Waals surface area (Å²) in [6.45, 7) is 8.34. The number of thiophene rings is 1. The van der Waals surface area contributed by atoms with Crippen molar-refractivity contribution in [3.8, 4) is 22.6 Å². The molecule has 0 fully saturated rings. The molecule has 1 aromatic heterocycles. The molecular formula is C33H31NO5S. The number of esters is 2. The van der Waals surface area contributed by atoms with Crippen molar-refractivity contribution in [1.29, 1.82) is 0 Å². The molecule has 6 nitrogen and oxygen atoms in total. The van der Waals surface area contributed by atoms with E-state index in [0.717, 1.165) is 39.1 Å². The molecule has 5 rings (SSSR count). The zero-order valence-electron chi connectivity index (χ0n) is 23.2. The molecule has 0 radical (unpaired) electrons. The number of carbonyl (C=O) groups excluding carboxylic acids is 2. The topological polar surface area (TPSA) is 73.9 Å². The van der Waals surface area contributed by atoms with Gasteiger partial charge in [0.1, 0.15) is 23.0 Å². The fourth-order valence-electron chi connectivity index (χ4n) is 5.02. The quantitative estimate of drug-likeness (QED) is 0.185. The van der Waals surface area contributed by atoms with Gasteiger partial charge in [0.05, 0.1) is 18.2 Å². The molecule has 0 aliphatic carbocycles. The summed E-state index contributed by atoms with van der Waals surface area (Å²) in [6.07, 6.45) is 2.18.